The van der Waals surface area contributed by atoms with Crippen molar-refractivity contribution >= 4 is 28.3 Å². The predicted octanol–water partition coefficient (Wildman–Crippen LogP) is 4.44. The minimum atomic E-state index is -2.83. The molecule has 0 spiro atoms. The molecule has 126 valence electrons. The third kappa shape index (κ3) is 5.74. The van der Waals surface area contributed by atoms with Gasteiger partial charge in [-0.1, -0.05) is 38.5 Å². The molecule has 0 saturated carbocycles. The topological polar surface area (TPSA) is 35.5 Å². The van der Waals surface area contributed by atoms with Crippen molar-refractivity contribution in [2.24, 2.45) is 0 Å². The van der Waals surface area contributed by atoms with E-state index in [4.69, 9.17) is 19.8 Å². The van der Waals surface area contributed by atoms with E-state index in [1.54, 1.807) is 12.1 Å². The first-order chi connectivity index (χ1) is 9.96. The number of rotatable bonds is 7. The van der Waals surface area contributed by atoms with E-state index in [0.29, 0.717) is 24.5 Å². The van der Waals surface area contributed by atoms with Crippen LogP contribution in [0.4, 0.5) is 0 Å². The van der Waals surface area contributed by atoms with E-state index in [0.717, 1.165) is 5.56 Å². The molecule has 22 heavy (non-hydrogen) atoms. The van der Waals surface area contributed by atoms with Gasteiger partial charge in [0.2, 0.25) is 0 Å². The summed E-state index contributed by atoms with van der Waals surface area (Å²) in [5, 5.41) is 0.196. The smallest absolute Gasteiger partial charge is 0.191 e. The van der Waals surface area contributed by atoms with Crippen LogP contribution in [0.25, 0.3) is 0 Å². The lowest BCUT2D eigenvalue weighted by Crippen LogP contribution is -2.41. The fraction of sp³-hybridized carbons (Fsp3) is 0.625. The Morgan fingerprint density at radius 1 is 1.14 bits per heavy atom. The normalized spacial score (nSPS) is 15.5. The van der Waals surface area contributed by atoms with Gasteiger partial charge in [-0.2, -0.15) is 0 Å². The van der Waals surface area contributed by atoms with Crippen molar-refractivity contribution in [1.82, 2.24) is 0 Å². The van der Waals surface area contributed by atoms with Gasteiger partial charge in [0.05, 0.1) is 11.5 Å². The van der Waals surface area contributed by atoms with Gasteiger partial charge >= 0.3 is 0 Å². The van der Waals surface area contributed by atoms with Crippen LogP contribution >= 0.6 is 0 Å². The van der Waals surface area contributed by atoms with Gasteiger partial charge in [0.1, 0.15) is 0 Å². The molecule has 1 rings (SSSR count). The average molecular weight is 361 g/mol. The Morgan fingerprint density at radius 3 is 2.18 bits per heavy atom. The molecule has 1 aromatic carbocycles. The highest BCUT2D eigenvalue weighted by Crippen LogP contribution is 2.36. The molecule has 0 aliphatic carbocycles. The van der Waals surface area contributed by atoms with Crippen LogP contribution in [0.2, 0.25) is 18.1 Å². The lowest BCUT2D eigenvalue weighted by Gasteiger charge is -2.36. The van der Waals surface area contributed by atoms with Crippen LogP contribution in [-0.4, -0.2) is 25.7 Å². The van der Waals surface area contributed by atoms with E-state index in [1.807, 2.05) is 19.1 Å². The predicted molar refractivity (Wildman–Crippen MR) is 98.7 cm³/mol. The molecule has 0 radical (unpaired) electrons. The number of benzene rings is 1. The quantitative estimate of drug-likeness (QED) is 0.532. The van der Waals surface area contributed by atoms with Gasteiger partial charge in [-0.25, -0.2) is 4.21 Å². The van der Waals surface area contributed by atoms with Crippen molar-refractivity contribution in [3.63, 3.8) is 0 Å². The number of hydrogen-bond acceptors (Lipinski definition) is 4. The van der Waals surface area contributed by atoms with Gasteiger partial charge in [-0.3, -0.25) is 4.18 Å². The summed E-state index contributed by atoms with van der Waals surface area (Å²) in [5.74, 6) is 0. The summed E-state index contributed by atoms with van der Waals surface area (Å²) in [7, 11) is -4.56. The van der Waals surface area contributed by atoms with E-state index in [1.165, 1.54) is 0 Å². The second-order valence-electron chi connectivity index (χ2n) is 7.05. The van der Waals surface area contributed by atoms with Crippen molar-refractivity contribution < 1.29 is 12.8 Å². The first kappa shape index (κ1) is 19.8. The standard InChI is InChI=1S/C16H28O3S2Si/c1-14-8-10-15(11-9-14)21(17,20)18-12-7-13-19-22(5,6)16(2,3)4/h8-11H,7,12-13H2,1-6H3. The van der Waals surface area contributed by atoms with Gasteiger partial charge in [-0.15, -0.1) is 0 Å². The van der Waals surface area contributed by atoms with E-state index >= 15 is 0 Å². The lowest BCUT2D eigenvalue weighted by molar-refractivity contribution is 0.243. The van der Waals surface area contributed by atoms with Crippen LogP contribution in [0.5, 0.6) is 0 Å². The molecule has 0 amide bonds. The van der Waals surface area contributed by atoms with Crippen LogP contribution in [0.1, 0.15) is 32.8 Å². The monoisotopic (exact) mass is 360 g/mol. The summed E-state index contributed by atoms with van der Waals surface area (Å²) >= 11 is 5.11. The molecule has 0 bridgehead atoms. The summed E-state index contributed by atoms with van der Waals surface area (Å²) < 4.78 is 23.9. The van der Waals surface area contributed by atoms with Crippen LogP contribution in [0.3, 0.4) is 0 Å². The zero-order chi connectivity index (χ0) is 17.0. The minimum Gasteiger partial charge on any atom is -0.417 e. The van der Waals surface area contributed by atoms with Crippen LogP contribution in [-0.2, 0) is 28.6 Å². The molecule has 0 saturated heterocycles. The van der Waals surface area contributed by atoms with Crippen LogP contribution < -0.4 is 0 Å². The zero-order valence-corrected chi connectivity index (χ0v) is 17.1. The molecule has 1 atom stereocenters. The Bertz CT molecular complexity index is 572. The van der Waals surface area contributed by atoms with Crippen molar-refractivity contribution in [1.29, 1.82) is 0 Å². The SMILES string of the molecule is Cc1ccc(S(=O)(=S)OCCCO[Si](C)(C)C(C)(C)C)cc1. The van der Waals surface area contributed by atoms with E-state index in [2.05, 4.69) is 33.9 Å². The Morgan fingerprint density at radius 2 is 1.68 bits per heavy atom. The number of hydrogen-bond donors (Lipinski definition) is 0. The fourth-order valence-electron chi connectivity index (χ4n) is 1.54. The second-order valence-corrected chi connectivity index (χ2v) is 14.8. The maximum atomic E-state index is 12.4. The third-order valence-corrected chi connectivity index (χ3v) is 10.8. The van der Waals surface area contributed by atoms with Gasteiger partial charge in [-0.05, 0) is 43.6 Å². The molecule has 1 aromatic rings. The summed E-state index contributed by atoms with van der Waals surface area (Å²) in [4.78, 5) is 0.568. The van der Waals surface area contributed by atoms with Crippen LogP contribution in [0, 0.1) is 6.92 Å². The van der Waals surface area contributed by atoms with Gasteiger partial charge in [0.15, 0.2) is 17.1 Å². The van der Waals surface area contributed by atoms with Crippen molar-refractivity contribution in [2.45, 2.75) is 57.1 Å². The maximum absolute atomic E-state index is 12.4. The second kappa shape index (κ2) is 7.53. The molecule has 0 fully saturated rings. The Kier molecular flexibility index (Phi) is 6.77. The van der Waals surface area contributed by atoms with Crippen molar-refractivity contribution in [3.05, 3.63) is 29.8 Å². The highest BCUT2D eigenvalue weighted by atomic mass is 32.8. The third-order valence-electron chi connectivity index (χ3n) is 4.11. The Balaban J connectivity index is 2.43. The van der Waals surface area contributed by atoms with E-state index in [-0.39, 0.29) is 5.04 Å². The Labute approximate surface area is 141 Å². The largest absolute Gasteiger partial charge is 0.417 e. The summed E-state index contributed by atoms with van der Waals surface area (Å²) in [6.07, 6.45) is 0.700. The first-order valence-corrected chi connectivity index (χ1v) is 12.9. The minimum absolute atomic E-state index is 0.196. The van der Waals surface area contributed by atoms with Gasteiger partial charge in [0, 0.05) is 17.8 Å². The van der Waals surface area contributed by atoms with Gasteiger partial charge in [0.25, 0.3) is 0 Å². The molecule has 3 nitrogen and oxygen atoms in total. The molecule has 1 unspecified atom stereocenters. The molecular weight excluding hydrogens is 332 g/mol. The Hall–Kier alpha value is -0.273. The fourth-order valence-corrected chi connectivity index (χ4v) is 4.11. The molecule has 0 aliphatic rings. The zero-order valence-electron chi connectivity index (χ0n) is 14.5. The number of aryl methyl sites for hydroxylation is 1. The van der Waals surface area contributed by atoms with Gasteiger partial charge < -0.3 is 4.43 Å². The lowest BCUT2D eigenvalue weighted by atomic mass is 10.2. The average Bonchev–Trinajstić information content (AvgIpc) is 2.37. The van der Waals surface area contributed by atoms with E-state index in [9.17, 15) is 4.21 Å². The van der Waals surface area contributed by atoms with Crippen LogP contribution in [0.15, 0.2) is 29.2 Å². The molecule has 6 heteroatoms. The molecule has 0 aromatic heterocycles. The summed E-state index contributed by atoms with van der Waals surface area (Å²) in [5.41, 5.74) is 1.11. The summed E-state index contributed by atoms with van der Waals surface area (Å²) in [6.45, 7) is 14.0. The highest BCUT2D eigenvalue weighted by molar-refractivity contribution is 8.30. The molecule has 0 aliphatic heterocycles. The van der Waals surface area contributed by atoms with Crippen molar-refractivity contribution in [3.8, 4) is 0 Å². The molecule has 0 heterocycles. The molecular formula is C16H28O3S2Si. The maximum Gasteiger partial charge on any atom is 0.191 e. The van der Waals surface area contributed by atoms with Crippen molar-refractivity contribution in [2.75, 3.05) is 13.2 Å². The molecule has 0 N–H and O–H groups in total. The summed E-state index contributed by atoms with van der Waals surface area (Å²) in [6, 6.07) is 7.34. The van der Waals surface area contributed by atoms with E-state index < -0.39 is 17.1 Å². The first-order valence-electron chi connectivity index (χ1n) is 7.56. The highest BCUT2D eigenvalue weighted by Gasteiger charge is 2.36.